The topological polar surface area (TPSA) is 35.6 Å². The third-order valence-electron chi connectivity index (χ3n) is 4.98. The average Bonchev–Trinajstić information content (AvgIpc) is 3.07. The fourth-order valence-corrected chi connectivity index (χ4v) is 3.24. The van der Waals surface area contributed by atoms with Gasteiger partial charge in [0.05, 0.1) is 0 Å². The zero-order valence-electron chi connectivity index (χ0n) is 15.3. The fourth-order valence-electron chi connectivity index (χ4n) is 3.24. The molecule has 1 amide bonds. The Morgan fingerprint density at radius 1 is 1.16 bits per heavy atom. The van der Waals surface area contributed by atoms with Crippen LogP contribution in [-0.4, -0.2) is 48.9 Å². The SMILES string of the molecule is Cc1ccc(CNc2ccc(C(=O)N(C)[C@H]3CCN(C)C3)cc2)cc1. The third-order valence-corrected chi connectivity index (χ3v) is 4.98. The number of anilines is 1. The van der Waals surface area contributed by atoms with Gasteiger partial charge in [-0.15, -0.1) is 0 Å². The van der Waals surface area contributed by atoms with Crippen molar-refractivity contribution in [1.29, 1.82) is 0 Å². The number of amides is 1. The van der Waals surface area contributed by atoms with Gasteiger partial charge in [0.1, 0.15) is 0 Å². The minimum atomic E-state index is 0.102. The molecule has 132 valence electrons. The molecule has 2 aromatic carbocycles. The second kappa shape index (κ2) is 7.70. The van der Waals surface area contributed by atoms with Crippen LogP contribution in [0.5, 0.6) is 0 Å². The van der Waals surface area contributed by atoms with Crippen LogP contribution in [0.1, 0.15) is 27.9 Å². The molecule has 0 unspecified atom stereocenters. The zero-order chi connectivity index (χ0) is 17.8. The number of carbonyl (C=O) groups is 1. The summed E-state index contributed by atoms with van der Waals surface area (Å²) in [5.74, 6) is 0.102. The molecule has 1 N–H and O–H groups in total. The van der Waals surface area contributed by atoms with E-state index >= 15 is 0 Å². The highest BCUT2D eigenvalue weighted by molar-refractivity contribution is 5.94. The lowest BCUT2D eigenvalue weighted by atomic mass is 10.1. The van der Waals surface area contributed by atoms with Gasteiger partial charge >= 0.3 is 0 Å². The Bertz CT molecular complexity index is 709. The van der Waals surface area contributed by atoms with Gasteiger partial charge in [0.25, 0.3) is 5.91 Å². The number of carbonyl (C=O) groups excluding carboxylic acids is 1. The molecule has 1 heterocycles. The van der Waals surface area contributed by atoms with Gasteiger partial charge in [0.15, 0.2) is 0 Å². The lowest BCUT2D eigenvalue weighted by Crippen LogP contribution is -2.38. The first-order chi connectivity index (χ1) is 12.0. The van der Waals surface area contributed by atoms with Crippen LogP contribution in [-0.2, 0) is 6.54 Å². The first-order valence-electron chi connectivity index (χ1n) is 8.88. The van der Waals surface area contributed by atoms with E-state index in [9.17, 15) is 4.79 Å². The molecule has 0 radical (unpaired) electrons. The van der Waals surface area contributed by atoms with E-state index in [0.717, 1.165) is 37.3 Å². The van der Waals surface area contributed by atoms with Crippen molar-refractivity contribution in [3.8, 4) is 0 Å². The van der Waals surface area contributed by atoms with Gasteiger partial charge in [-0.3, -0.25) is 4.79 Å². The van der Waals surface area contributed by atoms with Crippen molar-refractivity contribution >= 4 is 11.6 Å². The number of likely N-dealkylation sites (tertiary alicyclic amines) is 1. The Kier molecular flexibility index (Phi) is 5.39. The predicted octanol–water partition coefficient (Wildman–Crippen LogP) is 3.38. The van der Waals surface area contributed by atoms with Crippen molar-refractivity contribution in [3.63, 3.8) is 0 Å². The number of likely N-dealkylation sites (N-methyl/N-ethyl adjacent to an activating group) is 2. The summed E-state index contributed by atoms with van der Waals surface area (Å²) < 4.78 is 0. The Labute approximate surface area is 150 Å². The molecule has 1 atom stereocenters. The molecular formula is C21H27N3O. The molecule has 1 fully saturated rings. The maximum absolute atomic E-state index is 12.6. The number of benzene rings is 2. The van der Waals surface area contributed by atoms with Gasteiger partial charge in [-0.25, -0.2) is 0 Å². The van der Waals surface area contributed by atoms with E-state index in [1.54, 1.807) is 0 Å². The van der Waals surface area contributed by atoms with Gasteiger partial charge in [0.2, 0.25) is 0 Å². The summed E-state index contributed by atoms with van der Waals surface area (Å²) in [6, 6.07) is 16.6. The van der Waals surface area contributed by atoms with Gasteiger partial charge in [-0.05, 0) is 56.8 Å². The molecule has 0 bridgehead atoms. The van der Waals surface area contributed by atoms with Crippen LogP contribution >= 0.6 is 0 Å². The maximum Gasteiger partial charge on any atom is 0.253 e. The Morgan fingerprint density at radius 2 is 1.84 bits per heavy atom. The van der Waals surface area contributed by atoms with E-state index in [-0.39, 0.29) is 5.91 Å². The predicted molar refractivity (Wildman–Crippen MR) is 103 cm³/mol. The third kappa shape index (κ3) is 4.40. The summed E-state index contributed by atoms with van der Waals surface area (Å²) in [7, 11) is 4.02. The Hall–Kier alpha value is -2.33. The Balaban J connectivity index is 1.57. The number of nitrogens with one attached hydrogen (secondary N) is 1. The molecule has 4 nitrogen and oxygen atoms in total. The van der Waals surface area contributed by atoms with E-state index in [1.807, 2.05) is 36.2 Å². The van der Waals surface area contributed by atoms with Gasteiger partial charge < -0.3 is 15.1 Å². The zero-order valence-corrected chi connectivity index (χ0v) is 15.3. The van der Waals surface area contributed by atoms with Gasteiger partial charge in [0, 0.05) is 37.4 Å². The molecule has 3 rings (SSSR count). The lowest BCUT2D eigenvalue weighted by molar-refractivity contribution is 0.0737. The summed E-state index contributed by atoms with van der Waals surface area (Å²) in [5.41, 5.74) is 4.29. The van der Waals surface area contributed by atoms with Crippen LogP contribution < -0.4 is 5.32 Å². The van der Waals surface area contributed by atoms with Crippen LogP contribution in [0.25, 0.3) is 0 Å². The molecule has 0 aliphatic carbocycles. The van der Waals surface area contributed by atoms with Crippen LogP contribution in [0.3, 0.4) is 0 Å². The number of hydrogen-bond donors (Lipinski definition) is 1. The standard InChI is InChI=1S/C21H27N3O/c1-16-4-6-17(7-5-16)14-22-19-10-8-18(9-11-19)21(25)24(3)20-12-13-23(2)15-20/h4-11,20,22H,12-15H2,1-3H3/t20-/m0/s1. The highest BCUT2D eigenvalue weighted by Gasteiger charge is 2.26. The van der Waals surface area contributed by atoms with Gasteiger partial charge in [-0.2, -0.15) is 0 Å². The van der Waals surface area contributed by atoms with E-state index in [2.05, 4.69) is 48.5 Å². The van der Waals surface area contributed by atoms with E-state index < -0.39 is 0 Å². The molecule has 1 aliphatic rings. The minimum absolute atomic E-state index is 0.102. The van der Waals surface area contributed by atoms with Crippen LogP contribution in [0.15, 0.2) is 48.5 Å². The molecule has 0 aromatic heterocycles. The van der Waals surface area contributed by atoms with Crippen molar-refractivity contribution in [2.75, 3.05) is 32.5 Å². The highest BCUT2D eigenvalue weighted by atomic mass is 16.2. The fraction of sp³-hybridized carbons (Fsp3) is 0.381. The average molecular weight is 337 g/mol. The van der Waals surface area contributed by atoms with Crippen LogP contribution in [0, 0.1) is 6.92 Å². The lowest BCUT2D eigenvalue weighted by Gasteiger charge is -2.24. The molecule has 1 saturated heterocycles. The smallest absolute Gasteiger partial charge is 0.253 e. The monoisotopic (exact) mass is 337 g/mol. The van der Waals surface area contributed by atoms with Crippen molar-refractivity contribution in [2.24, 2.45) is 0 Å². The molecule has 0 spiro atoms. The number of rotatable bonds is 5. The summed E-state index contributed by atoms with van der Waals surface area (Å²) in [4.78, 5) is 16.8. The largest absolute Gasteiger partial charge is 0.381 e. The Morgan fingerprint density at radius 3 is 2.44 bits per heavy atom. The summed E-state index contributed by atoms with van der Waals surface area (Å²) in [6.07, 6.45) is 1.05. The quantitative estimate of drug-likeness (QED) is 0.908. The first kappa shape index (κ1) is 17.5. The molecule has 2 aromatic rings. The molecule has 25 heavy (non-hydrogen) atoms. The van der Waals surface area contributed by atoms with Crippen molar-refractivity contribution in [1.82, 2.24) is 9.80 Å². The van der Waals surface area contributed by atoms with Crippen LogP contribution in [0.4, 0.5) is 5.69 Å². The van der Waals surface area contributed by atoms with Crippen molar-refractivity contribution < 1.29 is 4.79 Å². The van der Waals surface area contributed by atoms with Gasteiger partial charge in [-0.1, -0.05) is 29.8 Å². The second-order valence-corrected chi connectivity index (χ2v) is 7.04. The minimum Gasteiger partial charge on any atom is -0.381 e. The van der Waals surface area contributed by atoms with E-state index in [4.69, 9.17) is 0 Å². The number of nitrogens with zero attached hydrogens (tertiary/aromatic N) is 2. The van der Waals surface area contributed by atoms with Crippen LogP contribution in [0.2, 0.25) is 0 Å². The molecule has 4 heteroatoms. The molecular weight excluding hydrogens is 310 g/mol. The normalized spacial score (nSPS) is 17.5. The first-order valence-corrected chi connectivity index (χ1v) is 8.88. The van der Waals surface area contributed by atoms with Crippen molar-refractivity contribution in [3.05, 3.63) is 65.2 Å². The summed E-state index contributed by atoms with van der Waals surface area (Å²) in [5, 5.41) is 3.41. The van der Waals surface area contributed by atoms with E-state index in [1.165, 1.54) is 11.1 Å². The van der Waals surface area contributed by atoms with Crippen molar-refractivity contribution in [2.45, 2.75) is 25.9 Å². The van der Waals surface area contributed by atoms with E-state index in [0.29, 0.717) is 6.04 Å². The molecule has 1 aliphatic heterocycles. The highest BCUT2D eigenvalue weighted by Crippen LogP contribution is 2.17. The number of hydrogen-bond acceptors (Lipinski definition) is 3. The maximum atomic E-state index is 12.6. The second-order valence-electron chi connectivity index (χ2n) is 7.04. The summed E-state index contributed by atoms with van der Waals surface area (Å²) >= 11 is 0. The number of aryl methyl sites for hydroxylation is 1. The summed E-state index contributed by atoms with van der Waals surface area (Å²) in [6.45, 7) is 4.89. The molecule has 0 saturated carbocycles.